The van der Waals surface area contributed by atoms with Gasteiger partial charge in [0.2, 0.25) is 5.91 Å². The Morgan fingerprint density at radius 1 is 1.26 bits per heavy atom. The Bertz CT molecular complexity index is 1180. The van der Waals surface area contributed by atoms with Crippen molar-refractivity contribution in [3.8, 4) is 11.4 Å². The Hall–Kier alpha value is -2.72. The largest absolute Gasteiger partial charge is 0.365 e. The molecule has 1 aromatic carbocycles. The number of nitrogens with one attached hydrogen (secondary N) is 1. The number of hydrogen-bond acceptors (Lipinski definition) is 6. The van der Waals surface area contributed by atoms with Crippen LogP contribution in [0.2, 0.25) is 0 Å². The highest BCUT2D eigenvalue weighted by Crippen LogP contribution is 2.42. The number of nitrogens with zero attached hydrogens (tertiary/aromatic N) is 3. The standard InChI is InChI=1S/C21H20FN5O2S2/c22-14-6-2-1-4-12(14)19-25-26-21(27(19)11-8-9-11)30-10-16(28)24-20-17(18(23)29)13-5-3-7-15(13)31-20/h1-2,4,6,11H,3,5,7-10H2,(H2,23,29)(H,24,28). The van der Waals surface area contributed by atoms with E-state index in [-0.39, 0.29) is 23.5 Å². The molecule has 3 N–H and O–H groups in total. The molecular formula is C21H20FN5O2S2. The number of aryl methyl sites for hydroxylation is 1. The number of thioether (sulfide) groups is 1. The summed E-state index contributed by atoms with van der Waals surface area (Å²) in [5.74, 6) is -0.524. The molecule has 2 heterocycles. The first-order chi connectivity index (χ1) is 15.0. The Morgan fingerprint density at radius 2 is 2.06 bits per heavy atom. The van der Waals surface area contributed by atoms with E-state index in [2.05, 4.69) is 15.5 Å². The molecule has 0 unspecified atom stereocenters. The molecule has 0 saturated heterocycles. The first-order valence-corrected chi connectivity index (χ1v) is 11.9. The molecule has 0 bridgehead atoms. The minimum atomic E-state index is -0.509. The average Bonchev–Trinajstić information content (AvgIpc) is 3.16. The Labute approximate surface area is 186 Å². The summed E-state index contributed by atoms with van der Waals surface area (Å²) in [4.78, 5) is 25.7. The molecule has 2 aliphatic rings. The zero-order valence-corrected chi connectivity index (χ0v) is 18.2. The third kappa shape index (κ3) is 3.85. The van der Waals surface area contributed by atoms with Crippen LogP contribution in [0.3, 0.4) is 0 Å². The van der Waals surface area contributed by atoms with E-state index < -0.39 is 5.91 Å². The average molecular weight is 458 g/mol. The molecule has 0 atom stereocenters. The van der Waals surface area contributed by atoms with Crippen molar-refractivity contribution in [2.75, 3.05) is 11.1 Å². The highest BCUT2D eigenvalue weighted by atomic mass is 32.2. The second-order valence-electron chi connectivity index (χ2n) is 7.65. The van der Waals surface area contributed by atoms with Gasteiger partial charge < -0.3 is 11.1 Å². The summed E-state index contributed by atoms with van der Waals surface area (Å²) in [6.45, 7) is 0. The van der Waals surface area contributed by atoms with Crippen LogP contribution in [0, 0.1) is 5.82 Å². The fraction of sp³-hybridized carbons (Fsp3) is 0.333. The number of hydrogen-bond donors (Lipinski definition) is 2. The first-order valence-electron chi connectivity index (χ1n) is 10.1. The van der Waals surface area contributed by atoms with Crippen LogP contribution < -0.4 is 11.1 Å². The normalized spacial score (nSPS) is 15.1. The molecular weight excluding hydrogens is 437 g/mol. The van der Waals surface area contributed by atoms with Crippen LogP contribution in [0.1, 0.15) is 46.1 Å². The van der Waals surface area contributed by atoms with Crippen LogP contribution in [-0.2, 0) is 17.6 Å². The quantitative estimate of drug-likeness (QED) is 0.526. The van der Waals surface area contributed by atoms with Crippen LogP contribution >= 0.6 is 23.1 Å². The van der Waals surface area contributed by atoms with Gasteiger partial charge in [-0.3, -0.25) is 14.2 Å². The molecule has 160 valence electrons. The van der Waals surface area contributed by atoms with E-state index in [9.17, 15) is 14.0 Å². The van der Waals surface area contributed by atoms with Crippen molar-refractivity contribution in [2.24, 2.45) is 5.73 Å². The lowest BCUT2D eigenvalue weighted by Gasteiger charge is -2.09. The molecule has 7 nitrogen and oxygen atoms in total. The summed E-state index contributed by atoms with van der Waals surface area (Å²) >= 11 is 2.68. The van der Waals surface area contributed by atoms with Crippen molar-refractivity contribution in [2.45, 2.75) is 43.3 Å². The minimum Gasteiger partial charge on any atom is -0.365 e. The van der Waals surface area contributed by atoms with Crippen molar-refractivity contribution >= 4 is 39.9 Å². The highest BCUT2D eigenvalue weighted by molar-refractivity contribution is 7.99. The van der Waals surface area contributed by atoms with E-state index in [0.29, 0.717) is 27.1 Å². The van der Waals surface area contributed by atoms with Gasteiger partial charge in [-0.2, -0.15) is 0 Å². The number of aromatic nitrogens is 3. The zero-order chi connectivity index (χ0) is 21.5. The van der Waals surface area contributed by atoms with Gasteiger partial charge in [0.1, 0.15) is 10.8 Å². The van der Waals surface area contributed by atoms with Crippen molar-refractivity contribution in [3.63, 3.8) is 0 Å². The maximum Gasteiger partial charge on any atom is 0.251 e. The van der Waals surface area contributed by atoms with Crippen LogP contribution in [0.25, 0.3) is 11.4 Å². The number of benzene rings is 1. The van der Waals surface area contributed by atoms with E-state index >= 15 is 0 Å². The number of amides is 2. The lowest BCUT2D eigenvalue weighted by molar-refractivity contribution is -0.113. The molecule has 0 aliphatic heterocycles. The molecule has 5 rings (SSSR count). The number of carbonyl (C=O) groups is 2. The van der Waals surface area contributed by atoms with Crippen LogP contribution in [0.5, 0.6) is 0 Å². The number of rotatable bonds is 7. The molecule has 31 heavy (non-hydrogen) atoms. The van der Waals surface area contributed by atoms with Gasteiger partial charge in [0.05, 0.1) is 16.9 Å². The van der Waals surface area contributed by atoms with E-state index in [1.54, 1.807) is 18.2 Å². The van der Waals surface area contributed by atoms with Gasteiger partial charge in [0, 0.05) is 10.9 Å². The third-order valence-electron chi connectivity index (χ3n) is 5.44. The summed E-state index contributed by atoms with van der Waals surface area (Å²) < 4.78 is 16.2. The number of anilines is 1. The fourth-order valence-corrected chi connectivity index (χ4v) is 6.03. The molecule has 1 fully saturated rings. The van der Waals surface area contributed by atoms with Gasteiger partial charge in [-0.25, -0.2) is 4.39 Å². The van der Waals surface area contributed by atoms with Gasteiger partial charge in [-0.05, 0) is 49.8 Å². The number of halogens is 1. The van der Waals surface area contributed by atoms with E-state index in [0.717, 1.165) is 42.5 Å². The van der Waals surface area contributed by atoms with Crippen LogP contribution in [0.4, 0.5) is 9.39 Å². The van der Waals surface area contributed by atoms with Crippen molar-refractivity contribution in [3.05, 3.63) is 46.1 Å². The Kier molecular flexibility index (Phi) is 5.27. The maximum absolute atomic E-state index is 14.3. The summed E-state index contributed by atoms with van der Waals surface area (Å²) in [5.41, 5.74) is 7.38. The molecule has 3 aromatic rings. The van der Waals surface area contributed by atoms with E-state index in [1.165, 1.54) is 29.2 Å². The topological polar surface area (TPSA) is 103 Å². The number of nitrogens with two attached hydrogens (primary N) is 1. The molecule has 0 radical (unpaired) electrons. The highest BCUT2D eigenvalue weighted by Gasteiger charge is 2.31. The lowest BCUT2D eigenvalue weighted by Crippen LogP contribution is -2.19. The zero-order valence-electron chi connectivity index (χ0n) is 16.6. The third-order valence-corrected chi connectivity index (χ3v) is 7.59. The number of carbonyl (C=O) groups excluding carboxylic acids is 2. The summed E-state index contributed by atoms with van der Waals surface area (Å²) in [7, 11) is 0. The SMILES string of the molecule is NC(=O)c1c(NC(=O)CSc2nnc(-c3ccccc3F)n2C2CC2)sc2c1CCC2. The van der Waals surface area contributed by atoms with Crippen molar-refractivity contribution < 1.29 is 14.0 Å². The maximum atomic E-state index is 14.3. The second-order valence-corrected chi connectivity index (χ2v) is 9.70. The lowest BCUT2D eigenvalue weighted by atomic mass is 10.1. The predicted octanol–water partition coefficient (Wildman–Crippen LogP) is 3.80. The number of fused-ring (bicyclic) bond motifs is 1. The summed E-state index contributed by atoms with van der Waals surface area (Å²) in [6, 6.07) is 6.70. The minimum absolute atomic E-state index is 0.100. The van der Waals surface area contributed by atoms with E-state index in [1.807, 2.05) is 4.57 Å². The smallest absolute Gasteiger partial charge is 0.251 e. The molecule has 0 spiro atoms. The Balaban J connectivity index is 1.33. The van der Waals surface area contributed by atoms with Crippen molar-refractivity contribution in [1.82, 2.24) is 14.8 Å². The number of thiophene rings is 1. The molecule has 2 aromatic heterocycles. The molecule has 1 saturated carbocycles. The Morgan fingerprint density at radius 3 is 2.81 bits per heavy atom. The van der Waals surface area contributed by atoms with E-state index in [4.69, 9.17) is 5.73 Å². The van der Waals surface area contributed by atoms with Crippen molar-refractivity contribution in [1.29, 1.82) is 0 Å². The fourth-order valence-electron chi connectivity index (χ4n) is 3.91. The first kappa shape index (κ1) is 20.2. The monoisotopic (exact) mass is 457 g/mol. The predicted molar refractivity (Wildman–Crippen MR) is 118 cm³/mol. The number of primary amides is 1. The second kappa shape index (κ2) is 8.08. The van der Waals surface area contributed by atoms with Gasteiger partial charge in [0.25, 0.3) is 5.91 Å². The summed E-state index contributed by atoms with van der Waals surface area (Å²) in [6.07, 6.45) is 4.68. The van der Waals surface area contributed by atoms with Gasteiger partial charge >= 0.3 is 0 Å². The van der Waals surface area contributed by atoms with Gasteiger partial charge in [-0.1, -0.05) is 23.9 Å². The molecule has 10 heteroatoms. The van der Waals surface area contributed by atoms with Crippen LogP contribution in [-0.4, -0.2) is 32.3 Å². The molecule has 2 aliphatic carbocycles. The van der Waals surface area contributed by atoms with Crippen LogP contribution in [0.15, 0.2) is 29.4 Å². The van der Waals surface area contributed by atoms with Gasteiger partial charge in [0.15, 0.2) is 11.0 Å². The van der Waals surface area contributed by atoms with Gasteiger partial charge in [-0.15, -0.1) is 21.5 Å². The summed E-state index contributed by atoms with van der Waals surface area (Å²) in [5, 5.41) is 12.4. The molecule has 2 amide bonds.